The minimum Gasteiger partial charge on any atom is -0.463 e. The molecule has 0 amide bonds. The van der Waals surface area contributed by atoms with Gasteiger partial charge in [0.15, 0.2) is 0 Å². The van der Waals surface area contributed by atoms with Gasteiger partial charge in [0.2, 0.25) is 0 Å². The van der Waals surface area contributed by atoms with Crippen molar-refractivity contribution < 1.29 is 9.53 Å². The van der Waals surface area contributed by atoms with E-state index >= 15 is 0 Å². The smallest absolute Gasteiger partial charge is 0.332 e. The number of nitrogens with zero attached hydrogens (tertiary/aromatic N) is 1. The number of hydrogen-bond donors (Lipinski definition) is 0. The van der Waals surface area contributed by atoms with Crippen LogP contribution in [0.25, 0.3) is 0 Å². The van der Waals surface area contributed by atoms with E-state index in [1.54, 1.807) is 6.08 Å². The number of hydrogen-bond acceptors (Lipinski definition) is 3. The Kier molecular flexibility index (Phi) is 2.75. The number of carbonyl (C=O) groups excluding carboxylic acids is 1. The normalized spacial score (nSPS) is 28.2. The molecule has 0 N–H and O–H groups in total. The fourth-order valence-corrected chi connectivity index (χ4v) is 2.45. The van der Waals surface area contributed by atoms with Crippen LogP contribution in [0.15, 0.2) is 11.8 Å². The van der Waals surface area contributed by atoms with Crippen molar-refractivity contribution in [1.82, 2.24) is 4.90 Å². The van der Waals surface area contributed by atoms with Gasteiger partial charge in [0.1, 0.15) is 0 Å². The van der Waals surface area contributed by atoms with Gasteiger partial charge in [-0.1, -0.05) is 0 Å². The molecule has 0 spiro atoms. The molecule has 3 heteroatoms. The fraction of sp³-hybridized carbons (Fsp3) is 0.727. The van der Waals surface area contributed by atoms with E-state index < -0.39 is 0 Å². The Morgan fingerprint density at radius 3 is 3.29 bits per heavy atom. The summed E-state index contributed by atoms with van der Waals surface area (Å²) in [5.41, 5.74) is 1.19. The summed E-state index contributed by atoms with van der Waals surface area (Å²) in [7, 11) is 0. The van der Waals surface area contributed by atoms with Crippen molar-refractivity contribution in [3.8, 4) is 0 Å². The minimum absolute atomic E-state index is 0.185. The fourth-order valence-electron chi connectivity index (χ4n) is 2.45. The topological polar surface area (TPSA) is 29.5 Å². The maximum atomic E-state index is 11.3. The zero-order valence-corrected chi connectivity index (χ0v) is 8.66. The van der Waals surface area contributed by atoms with E-state index in [2.05, 4.69) is 4.90 Å². The van der Waals surface area contributed by atoms with Gasteiger partial charge in [-0.05, 0) is 32.6 Å². The predicted octanol–water partition coefficient (Wildman–Crippen LogP) is 1.69. The summed E-state index contributed by atoms with van der Waals surface area (Å²) in [6.07, 6.45) is 6.49. The van der Waals surface area contributed by atoms with E-state index in [1.165, 1.54) is 25.0 Å². The third-order valence-corrected chi connectivity index (χ3v) is 3.05. The Morgan fingerprint density at radius 2 is 2.50 bits per heavy atom. The first-order valence-electron chi connectivity index (χ1n) is 5.45. The summed E-state index contributed by atoms with van der Waals surface area (Å²) in [4.78, 5) is 13.6. The summed E-state index contributed by atoms with van der Waals surface area (Å²) in [5, 5.41) is 0. The molecule has 0 aromatic heterocycles. The molecule has 0 saturated carbocycles. The molecule has 2 aliphatic heterocycles. The van der Waals surface area contributed by atoms with E-state index in [0.29, 0.717) is 12.6 Å². The molecule has 0 aromatic carbocycles. The highest BCUT2D eigenvalue weighted by molar-refractivity contribution is 5.82. The SMILES string of the molecule is CCOC(=O)/C=C1/CC[C@@H]2CCCN12. The van der Waals surface area contributed by atoms with Crippen molar-refractivity contribution in [3.05, 3.63) is 11.8 Å². The number of carbonyl (C=O) groups is 1. The Bertz CT molecular complexity index is 260. The lowest BCUT2D eigenvalue weighted by atomic mass is 10.1. The average Bonchev–Trinajstić information content (AvgIpc) is 2.70. The first kappa shape index (κ1) is 9.56. The maximum absolute atomic E-state index is 11.3. The van der Waals surface area contributed by atoms with Crippen molar-refractivity contribution in [2.24, 2.45) is 0 Å². The van der Waals surface area contributed by atoms with Crippen molar-refractivity contribution >= 4 is 5.97 Å². The lowest BCUT2D eigenvalue weighted by Crippen LogP contribution is -2.21. The molecule has 2 heterocycles. The van der Waals surface area contributed by atoms with Crippen LogP contribution in [0.3, 0.4) is 0 Å². The Balaban J connectivity index is 2.00. The third-order valence-electron chi connectivity index (χ3n) is 3.05. The molecule has 0 aliphatic carbocycles. The van der Waals surface area contributed by atoms with Gasteiger partial charge in [0, 0.05) is 24.4 Å². The molecule has 3 nitrogen and oxygen atoms in total. The van der Waals surface area contributed by atoms with Crippen LogP contribution in [-0.4, -0.2) is 30.1 Å². The Morgan fingerprint density at radius 1 is 1.64 bits per heavy atom. The molecular weight excluding hydrogens is 178 g/mol. The molecule has 2 rings (SSSR count). The second kappa shape index (κ2) is 4.03. The van der Waals surface area contributed by atoms with Crippen LogP contribution in [0.4, 0.5) is 0 Å². The first-order chi connectivity index (χ1) is 6.81. The highest BCUT2D eigenvalue weighted by Gasteiger charge is 2.31. The maximum Gasteiger partial charge on any atom is 0.332 e. The summed E-state index contributed by atoms with van der Waals surface area (Å²) >= 11 is 0. The van der Waals surface area contributed by atoms with Crippen LogP contribution in [0, 0.1) is 0 Å². The summed E-state index contributed by atoms with van der Waals surface area (Å²) in [5.74, 6) is -0.185. The molecule has 2 saturated heterocycles. The lowest BCUT2D eigenvalue weighted by Gasteiger charge is -2.18. The van der Waals surface area contributed by atoms with E-state index in [4.69, 9.17) is 4.74 Å². The highest BCUT2D eigenvalue weighted by atomic mass is 16.5. The second-order valence-electron chi connectivity index (χ2n) is 3.92. The minimum atomic E-state index is -0.185. The number of ether oxygens (including phenoxy) is 1. The van der Waals surface area contributed by atoms with Gasteiger partial charge < -0.3 is 9.64 Å². The second-order valence-corrected chi connectivity index (χ2v) is 3.92. The van der Waals surface area contributed by atoms with Crippen molar-refractivity contribution in [2.75, 3.05) is 13.2 Å². The number of esters is 1. The summed E-state index contributed by atoms with van der Waals surface area (Å²) < 4.78 is 4.91. The van der Waals surface area contributed by atoms with Crippen LogP contribution in [-0.2, 0) is 9.53 Å². The Hall–Kier alpha value is -0.990. The summed E-state index contributed by atoms with van der Waals surface area (Å²) in [6, 6.07) is 0.704. The zero-order valence-electron chi connectivity index (χ0n) is 8.66. The quantitative estimate of drug-likeness (QED) is 0.496. The Labute approximate surface area is 84.7 Å². The van der Waals surface area contributed by atoms with Crippen molar-refractivity contribution in [2.45, 2.75) is 38.6 Å². The average molecular weight is 195 g/mol. The van der Waals surface area contributed by atoms with Crippen LogP contribution in [0.1, 0.15) is 32.6 Å². The van der Waals surface area contributed by atoms with Crippen LogP contribution in [0.5, 0.6) is 0 Å². The third kappa shape index (κ3) is 1.76. The molecule has 2 fully saturated rings. The van der Waals surface area contributed by atoms with E-state index in [-0.39, 0.29) is 5.97 Å². The van der Waals surface area contributed by atoms with Gasteiger partial charge in [-0.25, -0.2) is 4.79 Å². The van der Waals surface area contributed by atoms with Gasteiger partial charge in [0.05, 0.1) is 6.61 Å². The predicted molar refractivity (Wildman–Crippen MR) is 53.7 cm³/mol. The number of rotatable bonds is 2. The molecule has 0 unspecified atom stereocenters. The molecule has 1 atom stereocenters. The monoisotopic (exact) mass is 195 g/mol. The van der Waals surface area contributed by atoms with E-state index in [9.17, 15) is 4.79 Å². The van der Waals surface area contributed by atoms with E-state index in [1.807, 2.05) is 6.92 Å². The van der Waals surface area contributed by atoms with Gasteiger partial charge in [-0.3, -0.25) is 0 Å². The number of allylic oxidation sites excluding steroid dienone is 1. The molecule has 0 aromatic rings. The van der Waals surface area contributed by atoms with Crippen LogP contribution >= 0.6 is 0 Å². The van der Waals surface area contributed by atoms with E-state index in [0.717, 1.165) is 13.0 Å². The lowest BCUT2D eigenvalue weighted by molar-refractivity contribution is -0.137. The largest absolute Gasteiger partial charge is 0.463 e. The van der Waals surface area contributed by atoms with Gasteiger partial charge in [0.25, 0.3) is 0 Å². The van der Waals surface area contributed by atoms with Crippen molar-refractivity contribution in [3.63, 3.8) is 0 Å². The standard InChI is InChI=1S/C11H17NO2/c1-2-14-11(13)8-10-6-5-9-4-3-7-12(9)10/h8-9H,2-7H2,1H3/b10-8-/t9-/m0/s1. The van der Waals surface area contributed by atoms with Gasteiger partial charge in [-0.2, -0.15) is 0 Å². The van der Waals surface area contributed by atoms with Gasteiger partial charge >= 0.3 is 5.97 Å². The van der Waals surface area contributed by atoms with Gasteiger partial charge in [-0.15, -0.1) is 0 Å². The highest BCUT2D eigenvalue weighted by Crippen LogP contribution is 2.34. The molecule has 0 bridgehead atoms. The van der Waals surface area contributed by atoms with Crippen LogP contribution in [0.2, 0.25) is 0 Å². The van der Waals surface area contributed by atoms with Crippen LogP contribution < -0.4 is 0 Å². The van der Waals surface area contributed by atoms with Crippen molar-refractivity contribution in [1.29, 1.82) is 0 Å². The molecular formula is C11H17NO2. The first-order valence-corrected chi connectivity index (χ1v) is 5.45. The molecule has 2 aliphatic rings. The summed E-state index contributed by atoms with van der Waals surface area (Å²) in [6.45, 7) is 3.42. The zero-order chi connectivity index (χ0) is 9.97. The molecule has 0 radical (unpaired) electrons. The molecule has 78 valence electrons. The molecule has 14 heavy (non-hydrogen) atoms. The number of fused-ring (bicyclic) bond motifs is 1.